The summed E-state index contributed by atoms with van der Waals surface area (Å²) >= 11 is 0. The molecule has 6 nitrogen and oxygen atoms in total. The zero-order valence-corrected chi connectivity index (χ0v) is 18.1. The number of benzene rings is 1. The lowest BCUT2D eigenvalue weighted by Gasteiger charge is -2.28. The molecule has 0 radical (unpaired) electrons. The number of carbonyl (C=O) groups excluding carboxylic acids is 2. The second-order valence-electron chi connectivity index (χ2n) is 6.99. The minimum Gasteiger partial charge on any atom is -0.490 e. The Morgan fingerprint density at radius 1 is 1.14 bits per heavy atom. The second-order valence-corrected chi connectivity index (χ2v) is 6.99. The van der Waals surface area contributed by atoms with Gasteiger partial charge >= 0.3 is 5.97 Å². The predicted octanol–water partition coefficient (Wildman–Crippen LogP) is 4.96. The van der Waals surface area contributed by atoms with Crippen LogP contribution in [0.1, 0.15) is 77.6 Å². The number of hydrogen-bond acceptors (Lipinski definition) is 5. The van der Waals surface area contributed by atoms with Crippen molar-refractivity contribution in [3.8, 4) is 5.75 Å². The topological polar surface area (TPSA) is 73.9 Å². The largest absolute Gasteiger partial charge is 0.490 e. The number of rotatable bonds is 12. The van der Waals surface area contributed by atoms with Crippen LogP contribution in [0, 0.1) is 0 Å². The normalized spacial score (nSPS) is 14.1. The van der Waals surface area contributed by atoms with E-state index in [-0.39, 0.29) is 18.6 Å². The number of hydrogen-bond donors (Lipinski definition) is 1. The molecule has 0 aromatic heterocycles. The van der Waals surface area contributed by atoms with Crippen molar-refractivity contribution in [3.05, 3.63) is 23.8 Å². The first kappa shape index (κ1) is 24.0. The lowest BCUT2D eigenvalue weighted by Crippen LogP contribution is -2.42. The molecule has 0 saturated carbocycles. The van der Waals surface area contributed by atoms with Gasteiger partial charge in [0, 0.05) is 12.3 Å². The zero-order chi connectivity index (χ0) is 21.2. The number of ether oxygens (including phenoxy) is 3. The summed E-state index contributed by atoms with van der Waals surface area (Å²) < 4.78 is 16.7. The van der Waals surface area contributed by atoms with Crippen LogP contribution in [-0.2, 0) is 14.3 Å². The molecule has 0 saturated heterocycles. The van der Waals surface area contributed by atoms with Crippen LogP contribution in [0.3, 0.4) is 0 Å². The molecule has 0 heterocycles. The van der Waals surface area contributed by atoms with Crippen molar-refractivity contribution in [2.45, 2.75) is 78.9 Å². The van der Waals surface area contributed by atoms with E-state index < -0.39 is 11.6 Å². The van der Waals surface area contributed by atoms with E-state index in [1.807, 2.05) is 20.8 Å². The van der Waals surface area contributed by atoms with Crippen molar-refractivity contribution in [2.75, 3.05) is 18.5 Å². The summed E-state index contributed by atoms with van der Waals surface area (Å²) in [6.07, 6.45) is 3.27. The van der Waals surface area contributed by atoms with Gasteiger partial charge in [0.1, 0.15) is 16.9 Å². The standard InChI is InChI=1S/C22H35NO5/c1-7-11-14-22(6,27-10-4)21(25)23-17-12-13-19(28-16(5)8-2)18(15-17)20(24)26-9-3/h12-13,15-16H,7-11,14H2,1-6H3,(H,23,25)/t16-,22+/m1/s1. The molecule has 1 amide bonds. The third-order valence-electron chi connectivity index (χ3n) is 4.59. The second kappa shape index (κ2) is 11.7. The Morgan fingerprint density at radius 3 is 2.43 bits per heavy atom. The first-order chi connectivity index (χ1) is 13.3. The number of unbranched alkanes of at least 4 members (excludes halogenated alkanes) is 1. The first-order valence-electron chi connectivity index (χ1n) is 10.2. The average Bonchev–Trinajstić information content (AvgIpc) is 2.67. The fraction of sp³-hybridized carbons (Fsp3) is 0.636. The molecular weight excluding hydrogens is 358 g/mol. The van der Waals surface area contributed by atoms with Gasteiger partial charge in [-0.2, -0.15) is 0 Å². The van der Waals surface area contributed by atoms with E-state index in [0.29, 0.717) is 30.0 Å². The monoisotopic (exact) mass is 393 g/mol. The predicted molar refractivity (Wildman–Crippen MR) is 111 cm³/mol. The van der Waals surface area contributed by atoms with Gasteiger partial charge in [0.05, 0.1) is 12.7 Å². The summed E-state index contributed by atoms with van der Waals surface area (Å²) in [5.41, 5.74) is -0.112. The van der Waals surface area contributed by atoms with Crippen LogP contribution in [0.15, 0.2) is 18.2 Å². The van der Waals surface area contributed by atoms with E-state index in [1.165, 1.54) is 0 Å². The Kier molecular flexibility index (Phi) is 10.0. The molecule has 0 aliphatic heterocycles. The summed E-state index contributed by atoms with van der Waals surface area (Å²) in [5.74, 6) is -0.256. The maximum atomic E-state index is 12.9. The van der Waals surface area contributed by atoms with Gasteiger partial charge in [0.25, 0.3) is 5.91 Å². The highest BCUT2D eigenvalue weighted by molar-refractivity contribution is 5.99. The average molecular weight is 394 g/mol. The van der Waals surface area contributed by atoms with Crippen LogP contribution >= 0.6 is 0 Å². The highest BCUT2D eigenvalue weighted by Gasteiger charge is 2.33. The number of amides is 1. The number of esters is 1. The fourth-order valence-corrected chi connectivity index (χ4v) is 2.73. The van der Waals surface area contributed by atoms with Gasteiger partial charge in [-0.3, -0.25) is 4.79 Å². The molecule has 0 bridgehead atoms. The summed E-state index contributed by atoms with van der Waals surface area (Å²) in [6.45, 7) is 12.2. The minimum atomic E-state index is -0.916. The molecule has 0 spiro atoms. The number of anilines is 1. The van der Waals surface area contributed by atoms with Gasteiger partial charge < -0.3 is 19.5 Å². The molecule has 0 fully saturated rings. The Bertz CT molecular complexity index is 646. The van der Waals surface area contributed by atoms with E-state index in [9.17, 15) is 9.59 Å². The Labute approximate surface area is 168 Å². The van der Waals surface area contributed by atoms with Crippen molar-refractivity contribution >= 4 is 17.6 Å². The number of nitrogens with one attached hydrogen (secondary N) is 1. The van der Waals surface area contributed by atoms with Gasteiger partial charge in [-0.05, 0) is 58.7 Å². The zero-order valence-electron chi connectivity index (χ0n) is 18.1. The third-order valence-corrected chi connectivity index (χ3v) is 4.59. The molecule has 0 unspecified atom stereocenters. The Hall–Kier alpha value is -2.08. The Morgan fingerprint density at radius 2 is 1.86 bits per heavy atom. The third kappa shape index (κ3) is 6.82. The van der Waals surface area contributed by atoms with Crippen LogP contribution < -0.4 is 10.1 Å². The lowest BCUT2D eigenvalue weighted by atomic mass is 9.97. The van der Waals surface area contributed by atoms with E-state index >= 15 is 0 Å². The molecule has 1 aromatic carbocycles. The molecule has 158 valence electrons. The maximum absolute atomic E-state index is 12.9. The van der Waals surface area contributed by atoms with Crippen molar-refractivity contribution in [2.24, 2.45) is 0 Å². The van der Waals surface area contributed by atoms with E-state index in [4.69, 9.17) is 14.2 Å². The summed E-state index contributed by atoms with van der Waals surface area (Å²) in [7, 11) is 0. The van der Waals surface area contributed by atoms with Gasteiger partial charge in [-0.25, -0.2) is 4.79 Å². The number of carbonyl (C=O) groups is 2. The summed E-state index contributed by atoms with van der Waals surface area (Å²) in [4.78, 5) is 25.2. The fourth-order valence-electron chi connectivity index (χ4n) is 2.73. The molecule has 1 rings (SSSR count). The SMILES string of the molecule is CCCC[C@](C)(OCC)C(=O)Nc1ccc(O[C@H](C)CC)c(C(=O)OCC)c1. The van der Waals surface area contributed by atoms with Crippen LogP contribution in [0.2, 0.25) is 0 Å². The van der Waals surface area contributed by atoms with Crippen LogP contribution in [0.25, 0.3) is 0 Å². The molecule has 0 aliphatic carbocycles. The molecule has 1 N–H and O–H groups in total. The van der Waals surface area contributed by atoms with Crippen molar-refractivity contribution in [1.29, 1.82) is 0 Å². The van der Waals surface area contributed by atoms with Crippen LogP contribution in [-0.4, -0.2) is 36.8 Å². The van der Waals surface area contributed by atoms with Gasteiger partial charge in [0.15, 0.2) is 0 Å². The molecule has 2 atom stereocenters. The molecule has 28 heavy (non-hydrogen) atoms. The van der Waals surface area contributed by atoms with Crippen LogP contribution in [0.4, 0.5) is 5.69 Å². The summed E-state index contributed by atoms with van der Waals surface area (Å²) in [5, 5.41) is 2.88. The van der Waals surface area contributed by atoms with Crippen molar-refractivity contribution < 1.29 is 23.8 Å². The highest BCUT2D eigenvalue weighted by atomic mass is 16.5. The first-order valence-corrected chi connectivity index (χ1v) is 10.2. The van der Waals surface area contributed by atoms with E-state index in [0.717, 1.165) is 19.3 Å². The summed E-state index contributed by atoms with van der Waals surface area (Å²) in [6, 6.07) is 5.02. The minimum absolute atomic E-state index is 0.0380. The van der Waals surface area contributed by atoms with Crippen LogP contribution in [0.5, 0.6) is 5.75 Å². The molecule has 6 heteroatoms. The van der Waals surface area contributed by atoms with Gasteiger partial charge in [-0.15, -0.1) is 0 Å². The van der Waals surface area contributed by atoms with Gasteiger partial charge in [0.2, 0.25) is 0 Å². The molecule has 1 aromatic rings. The molecular formula is C22H35NO5. The lowest BCUT2D eigenvalue weighted by molar-refractivity contribution is -0.139. The van der Waals surface area contributed by atoms with Crippen molar-refractivity contribution in [3.63, 3.8) is 0 Å². The smallest absolute Gasteiger partial charge is 0.341 e. The highest BCUT2D eigenvalue weighted by Crippen LogP contribution is 2.27. The molecule has 0 aliphatic rings. The van der Waals surface area contributed by atoms with E-state index in [1.54, 1.807) is 32.0 Å². The maximum Gasteiger partial charge on any atom is 0.341 e. The Balaban J connectivity index is 3.11. The quantitative estimate of drug-likeness (QED) is 0.508. The van der Waals surface area contributed by atoms with E-state index in [2.05, 4.69) is 12.2 Å². The van der Waals surface area contributed by atoms with Gasteiger partial charge in [-0.1, -0.05) is 26.7 Å². The van der Waals surface area contributed by atoms with Crippen molar-refractivity contribution in [1.82, 2.24) is 0 Å².